The van der Waals surface area contributed by atoms with E-state index in [4.69, 9.17) is 4.74 Å². The average molecular weight is 403 g/mol. The summed E-state index contributed by atoms with van der Waals surface area (Å²) in [5, 5.41) is 0. The molecule has 4 rings (SSSR count). The number of esters is 1. The number of benzene rings is 2. The van der Waals surface area contributed by atoms with Crippen molar-refractivity contribution in [3.05, 3.63) is 64.9 Å². The second-order valence-corrected chi connectivity index (χ2v) is 9.80. The summed E-state index contributed by atoms with van der Waals surface area (Å²) in [5.74, 6) is 0.673. The number of aryl methyl sites for hydroxylation is 2. The molecule has 0 N–H and O–H groups in total. The molecule has 0 amide bonds. The lowest BCUT2D eigenvalue weighted by atomic mass is 9.80. The number of Topliss-reactive ketones (excluding diaryl/α,β-unsaturated/α-hetero) is 1. The van der Waals surface area contributed by atoms with Crippen molar-refractivity contribution in [2.45, 2.75) is 53.9 Å². The number of allylic oxidation sites excluding steroid dienone is 2. The van der Waals surface area contributed by atoms with Crippen LogP contribution in [0.2, 0.25) is 0 Å². The Hall–Kier alpha value is -2.68. The molecule has 156 valence electrons. The highest BCUT2D eigenvalue weighted by Gasteiger charge is 2.44. The fraction of sp³-hybridized carbons (Fsp3) is 0.407. The van der Waals surface area contributed by atoms with Crippen LogP contribution in [0.25, 0.3) is 16.7 Å². The topological polar surface area (TPSA) is 43.4 Å². The van der Waals surface area contributed by atoms with E-state index in [9.17, 15) is 9.59 Å². The van der Waals surface area contributed by atoms with Crippen LogP contribution < -0.4 is 0 Å². The minimum Gasteiger partial charge on any atom is -0.430 e. The first-order valence-electron chi connectivity index (χ1n) is 10.8. The number of rotatable bonds is 3. The Balaban J connectivity index is 1.86. The zero-order valence-electron chi connectivity index (χ0n) is 18.5. The molecule has 1 fully saturated rings. The quantitative estimate of drug-likeness (QED) is 0.568. The summed E-state index contributed by atoms with van der Waals surface area (Å²) in [5.41, 5.74) is 5.34. The van der Waals surface area contributed by atoms with Gasteiger partial charge in [0.05, 0.1) is 11.0 Å². The molecule has 2 atom stereocenters. The Labute approximate surface area is 179 Å². The molecule has 2 aliphatic rings. The molecule has 0 saturated heterocycles. The predicted molar refractivity (Wildman–Crippen MR) is 120 cm³/mol. The Morgan fingerprint density at radius 1 is 0.933 bits per heavy atom. The van der Waals surface area contributed by atoms with Gasteiger partial charge >= 0.3 is 5.97 Å². The number of ether oxygens (including phenoxy) is 1. The fourth-order valence-electron chi connectivity index (χ4n) is 4.78. The molecule has 0 spiro atoms. The molecule has 0 unspecified atom stereocenters. The van der Waals surface area contributed by atoms with Crippen LogP contribution in [0.3, 0.4) is 0 Å². The van der Waals surface area contributed by atoms with E-state index >= 15 is 0 Å². The van der Waals surface area contributed by atoms with Gasteiger partial charge in [0.1, 0.15) is 5.76 Å². The Morgan fingerprint density at radius 2 is 1.53 bits per heavy atom. The molecule has 2 aliphatic carbocycles. The predicted octanol–water partition coefficient (Wildman–Crippen LogP) is 6.27. The lowest BCUT2D eigenvalue weighted by Gasteiger charge is -2.28. The van der Waals surface area contributed by atoms with E-state index in [1.807, 2.05) is 39.0 Å². The van der Waals surface area contributed by atoms with Gasteiger partial charge in [-0.3, -0.25) is 9.59 Å². The molecule has 2 aromatic rings. The molecule has 1 saturated carbocycles. The monoisotopic (exact) mass is 402 g/mol. The third kappa shape index (κ3) is 3.62. The zero-order valence-corrected chi connectivity index (χ0v) is 18.5. The van der Waals surface area contributed by atoms with E-state index in [1.165, 1.54) is 0 Å². The largest absolute Gasteiger partial charge is 0.430 e. The van der Waals surface area contributed by atoms with E-state index in [1.54, 1.807) is 0 Å². The maximum atomic E-state index is 13.4. The average Bonchev–Trinajstić information content (AvgIpc) is 3.14. The van der Waals surface area contributed by atoms with E-state index in [0.29, 0.717) is 11.3 Å². The molecule has 0 radical (unpaired) electrons. The fourth-order valence-corrected chi connectivity index (χ4v) is 4.78. The molecule has 2 aromatic carbocycles. The van der Waals surface area contributed by atoms with Crippen LogP contribution in [-0.2, 0) is 14.3 Å². The lowest BCUT2D eigenvalue weighted by molar-refractivity contribution is -0.149. The SMILES string of the molecule is Cc1cc(-c2ccccc2)cc(C)c1C1=C(OC(=O)C(C)(C)C)[C@@H]2CC[C@@H](C2)C1=O. The van der Waals surface area contributed by atoms with Crippen molar-refractivity contribution in [3.8, 4) is 11.1 Å². The lowest BCUT2D eigenvalue weighted by Crippen LogP contribution is -2.29. The highest BCUT2D eigenvalue weighted by atomic mass is 16.5. The van der Waals surface area contributed by atoms with Crippen LogP contribution in [0, 0.1) is 31.1 Å². The van der Waals surface area contributed by atoms with Gasteiger partial charge in [-0.15, -0.1) is 0 Å². The van der Waals surface area contributed by atoms with E-state index in [-0.39, 0.29) is 23.6 Å². The second kappa shape index (κ2) is 7.54. The molecule has 2 bridgehead atoms. The Bertz CT molecular complexity index is 1010. The van der Waals surface area contributed by atoms with Gasteiger partial charge in [0.2, 0.25) is 0 Å². The van der Waals surface area contributed by atoms with E-state index in [2.05, 4.69) is 38.1 Å². The summed E-state index contributed by atoms with van der Waals surface area (Å²) in [6.07, 6.45) is 2.59. The van der Waals surface area contributed by atoms with Crippen molar-refractivity contribution in [2.75, 3.05) is 0 Å². The van der Waals surface area contributed by atoms with Crippen LogP contribution in [0.5, 0.6) is 0 Å². The Morgan fingerprint density at radius 3 is 2.13 bits per heavy atom. The molecule has 0 aromatic heterocycles. The van der Waals surface area contributed by atoms with Crippen LogP contribution in [0.4, 0.5) is 0 Å². The zero-order chi connectivity index (χ0) is 21.6. The Kier molecular flexibility index (Phi) is 5.17. The van der Waals surface area contributed by atoms with Crippen molar-refractivity contribution >= 4 is 17.3 Å². The van der Waals surface area contributed by atoms with Crippen molar-refractivity contribution in [1.29, 1.82) is 0 Å². The van der Waals surface area contributed by atoms with Gasteiger partial charge in [0, 0.05) is 11.8 Å². The summed E-state index contributed by atoms with van der Waals surface area (Å²) >= 11 is 0. The maximum absolute atomic E-state index is 13.4. The van der Waals surface area contributed by atoms with Crippen molar-refractivity contribution < 1.29 is 14.3 Å². The maximum Gasteiger partial charge on any atom is 0.316 e. The molecule has 3 nitrogen and oxygen atoms in total. The van der Waals surface area contributed by atoms with Crippen LogP contribution in [0.1, 0.15) is 56.7 Å². The number of hydrogen-bond donors (Lipinski definition) is 0. The highest BCUT2D eigenvalue weighted by molar-refractivity contribution is 6.24. The smallest absolute Gasteiger partial charge is 0.316 e. The van der Waals surface area contributed by atoms with Gasteiger partial charge in [-0.25, -0.2) is 0 Å². The van der Waals surface area contributed by atoms with Crippen molar-refractivity contribution in [3.63, 3.8) is 0 Å². The molecule has 0 heterocycles. The standard InChI is InChI=1S/C27H30O3/c1-16-13-21(18-9-7-6-8-10-18)14-17(2)22(16)23-24(28)19-11-12-20(15-19)25(23)30-26(29)27(3,4)5/h6-10,13-14,19-20H,11-12,15H2,1-5H3/t19-,20+/m0/s1. The van der Waals surface area contributed by atoms with Crippen LogP contribution in [-0.4, -0.2) is 11.8 Å². The van der Waals surface area contributed by atoms with Gasteiger partial charge in [0.15, 0.2) is 5.78 Å². The van der Waals surface area contributed by atoms with E-state index in [0.717, 1.165) is 47.1 Å². The van der Waals surface area contributed by atoms with E-state index < -0.39 is 5.41 Å². The summed E-state index contributed by atoms with van der Waals surface area (Å²) in [4.78, 5) is 26.2. The summed E-state index contributed by atoms with van der Waals surface area (Å²) in [6, 6.07) is 14.5. The third-order valence-corrected chi connectivity index (χ3v) is 6.37. The van der Waals surface area contributed by atoms with Crippen LogP contribution >= 0.6 is 0 Å². The minimum absolute atomic E-state index is 0.0506. The van der Waals surface area contributed by atoms with Gasteiger partial charge < -0.3 is 4.74 Å². The molecular formula is C27H30O3. The number of hydrogen-bond acceptors (Lipinski definition) is 3. The molecule has 3 heteroatoms. The molecule has 30 heavy (non-hydrogen) atoms. The van der Waals surface area contributed by atoms with Gasteiger partial charge in [-0.1, -0.05) is 42.5 Å². The minimum atomic E-state index is -0.613. The second-order valence-electron chi connectivity index (χ2n) is 9.80. The first kappa shape index (κ1) is 20.6. The number of ketones is 1. The summed E-state index contributed by atoms with van der Waals surface area (Å²) in [6.45, 7) is 9.65. The first-order chi connectivity index (χ1) is 14.2. The van der Waals surface area contributed by atoms with Gasteiger partial charge in [-0.05, 0) is 81.7 Å². The molecular weight excluding hydrogens is 372 g/mol. The summed E-state index contributed by atoms with van der Waals surface area (Å²) in [7, 11) is 0. The highest BCUT2D eigenvalue weighted by Crippen LogP contribution is 2.48. The van der Waals surface area contributed by atoms with Gasteiger partial charge in [-0.2, -0.15) is 0 Å². The number of carbonyl (C=O) groups is 2. The molecule has 0 aliphatic heterocycles. The third-order valence-electron chi connectivity index (χ3n) is 6.37. The van der Waals surface area contributed by atoms with Crippen LogP contribution in [0.15, 0.2) is 48.2 Å². The normalized spacial score (nSPS) is 21.2. The first-order valence-corrected chi connectivity index (χ1v) is 10.8. The van der Waals surface area contributed by atoms with Gasteiger partial charge in [0.25, 0.3) is 0 Å². The summed E-state index contributed by atoms with van der Waals surface area (Å²) < 4.78 is 5.97. The van der Waals surface area contributed by atoms with Crippen molar-refractivity contribution in [2.24, 2.45) is 17.3 Å². The number of carbonyl (C=O) groups excluding carboxylic acids is 2. The van der Waals surface area contributed by atoms with Crippen molar-refractivity contribution in [1.82, 2.24) is 0 Å². The number of fused-ring (bicyclic) bond motifs is 2.